The van der Waals surface area contributed by atoms with Crippen LogP contribution >= 0.6 is 27.5 Å². The van der Waals surface area contributed by atoms with E-state index in [9.17, 15) is 4.79 Å². The summed E-state index contributed by atoms with van der Waals surface area (Å²) in [5, 5.41) is 4.60. The van der Waals surface area contributed by atoms with Crippen molar-refractivity contribution in [3.63, 3.8) is 0 Å². The van der Waals surface area contributed by atoms with Crippen molar-refractivity contribution in [2.24, 2.45) is 0 Å². The van der Waals surface area contributed by atoms with Gasteiger partial charge in [0.05, 0.1) is 6.04 Å². The smallest absolute Gasteiger partial charge is 0.318 e. The quantitative estimate of drug-likeness (QED) is 0.614. The third kappa shape index (κ3) is 3.56. The molecule has 0 aliphatic carbocycles. The highest BCUT2D eigenvalue weighted by atomic mass is 79.9. The molecule has 0 saturated carbocycles. The fourth-order valence-electron chi connectivity index (χ4n) is 2.96. The average molecular weight is 397 g/mol. The Labute approximate surface area is 149 Å². The molecule has 0 spiro atoms. The van der Waals surface area contributed by atoms with Gasteiger partial charge in [0.15, 0.2) is 0 Å². The molecule has 1 aliphatic heterocycles. The lowest BCUT2D eigenvalue weighted by molar-refractivity contribution is 0.169. The SMILES string of the molecule is O=C(NCCCBr)N1CCn2cccc2[C@H]1c1ccc(Cl)cc1. The van der Waals surface area contributed by atoms with Crippen molar-refractivity contribution in [1.82, 2.24) is 14.8 Å². The summed E-state index contributed by atoms with van der Waals surface area (Å²) in [5.74, 6) is 0. The van der Waals surface area contributed by atoms with E-state index in [-0.39, 0.29) is 12.1 Å². The Bertz CT molecular complexity index is 671. The molecule has 4 nitrogen and oxygen atoms in total. The van der Waals surface area contributed by atoms with Crippen LogP contribution in [0.2, 0.25) is 5.02 Å². The van der Waals surface area contributed by atoms with Crippen molar-refractivity contribution in [1.29, 1.82) is 0 Å². The van der Waals surface area contributed by atoms with Crippen molar-refractivity contribution >= 4 is 33.6 Å². The molecule has 0 fully saturated rings. The van der Waals surface area contributed by atoms with Gasteiger partial charge in [-0.15, -0.1) is 0 Å². The lowest BCUT2D eigenvalue weighted by Crippen LogP contribution is -2.47. The van der Waals surface area contributed by atoms with Gasteiger partial charge in [0.2, 0.25) is 0 Å². The van der Waals surface area contributed by atoms with Crippen molar-refractivity contribution in [2.75, 3.05) is 18.4 Å². The summed E-state index contributed by atoms with van der Waals surface area (Å²) in [4.78, 5) is 14.5. The number of amides is 2. The summed E-state index contributed by atoms with van der Waals surface area (Å²) in [5.41, 5.74) is 2.21. The summed E-state index contributed by atoms with van der Waals surface area (Å²) in [6.45, 7) is 2.18. The molecule has 6 heteroatoms. The van der Waals surface area contributed by atoms with Crippen molar-refractivity contribution in [3.05, 3.63) is 58.9 Å². The zero-order chi connectivity index (χ0) is 16.2. The van der Waals surface area contributed by atoms with E-state index in [1.807, 2.05) is 35.2 Å². The van der Waals surface area contributed by atoms with Crippen molar-refractivity contribution in [2.45, 2.75) is 19.0 Å². The lowest BCUT2D eigenvalue weighted by Gasteiger charge is -2.37. The maximum Gasteiger partial charge on any atom is 0.318 e. The highest BCUT2D eigenvalue weighted by molar-refractivity contribution is 9.09. The topological polar surface area (TPSA) is 37.3 Å². The average Bonchev–Trinajstić information content (AvgIpc) is 3.03. The molecule has 2 amide bonds. The Kier molecular flexibility index (Phi) is 5.28. The first-order valence-electron chi connectivity index (χ1n) is 7.71. The van der Waals surface area contributed by atoms with Gasteiger partial charge in [-0.25, -0.2) is 4.79 Å². The molecule has 3 rings (SSSR count). The first-order chi connectivity index (χ1) is 11.2. The van der Waals surface area contributed by atoms with Gasteiger partial charge in [-0.1, -0.05) is 39.7 Å². The van der Waals surface area contributed by atoms with Crippen LogP contribution in [0.3, 0.4) is 0 Å². The zero-order valence-electron chi connectivity index (χ0n) is 12.7. The molecule has 0 unspecified atom stereocenters. The maximum absolute atomic E-state index is 12.6. The molecule has 0 saturated heterocycles. The van der Waals surface area contributed by atoms with Crippen LogP contribution in [0.25, 0.3) is 0 Å². The fraction of sp³-hybridized carbons (Fsp3) is 0.353. The molecule has 1 N–H and O–H groups in total. The van der Waals surface area contributed by atoms with Crippen LogP contribution in [0.4, 0.5) is 4.79 Å². The van der Waals surface area contributed by atoms with E-state index in [0.29, 0.717) is 18.1 Å². The number of nitrogens with one attached hydrogen (secondary N) is 1. The second-order valence-corrected chi connectivity index (χ2v) is 6.78. The third-order valence-electron chi connectivity index (χ3n) is 4.07. The minimum atomic E-state index is -0.0833. The van der Waals surface area contributed by atoms with Gasteiger partial charge in [-0.05, 0) is 36.2 Å². The number of alkyl halides is 1. The molecule has 122 valence electrons. The Morgan fingerprint density at radius 3 is 2.78 bits per heavy atom. The lowest BCUT2D eigenvalue weighted by atomic mass is 10.0. The minimum Gasteiger partial charge on any atom is -0.348 e. The van der Waals surface area contributed by atoms with Gasteiger partial charge >= 0.3 is 6.03 Å². The van der Waals surface area contributed by atoms with Crippen LogP contribution < -0.4 is 5.32 Å². The summed E-state index contributed by atoms with van der Waals surface area (Å²) in [7, 11) is 0. The van der Waals surface area contributed by atoms with Gasteiger partial charge in [0.1, 0.15) is 0 Å². The second-order valence-electron chi connectivity index (χ2n) is 5.55. The number of carbonyl (C=O) groups is 1. The molecule has 0 bridgehead atoms. The van der Waals surface area contributed by atoms with Crippen LogP contribution in [-0.2, 0) is 6.54 Å². The van der Waals surface area contributed by atoms with E-state index in [0.717, 1.165) is 29.6 Å². The van der Waals surface area contributed by atoms with Crippen LogP contribution in [0.5, 0.6) is 0 Å². The largest absolute Gasteiger partial charge is 0.348 e. The second kappa shape index (κ2) is 7.41. The van der Waals surface area contributed by atoms with Gasteiger partial charge in [0.25, 0.3) is 0 Å². The number of halogens is 2. The monoisotopic (exact) mass is 395 g/mol. The molecule has 1 aromatic carbocycles. The van der Waals surface area contributed by atoms with Gasteiger partial charge < -0.3 is 14.8 Å². The number of hydrogen-bond donors (Lipinski definition) is 1. The third-order valence-corrected chi connectivity index (χ3v) is 4.88. The van der Waals surface area contributed by atoms with Gasteiger partial charge in [-0.3, -0.25) is 0 Å². The molecular weight excluding hydrogens is 378 g/mol. The molecule has 1 aliphatic rings. The molecule has 2 heterocycles. The standard InChI is InChI=1S/C17H19BrClN3O/c18-8-2-9-20-17(23)22-12-11-21-10-1-3-15(21)16(22)13-4-6-14(19)7-5-13/h1,3-7,10,16H,2,8-9,11-12H2,(H,20,23)/t16-/m1/s1. The van der Waals surface area contributed by atoms with Gasteiger partial charge in [0, 0.05) is 41.9 Å². The van der Waals surface area contributed by atoms with E-state index < -0.39 is 0 Å². The summed E-state index contributed by atoms with van der Waals surface area (Å²) >= 11 is 9.40. The van der Waals surface area contributed by atoms with E-state index in [4.69, 9.17) is 11.6 Å². The Balaban J connectivity index is 1.89. The highest BCUT2D eigenvalue weighted by Gasteiger charge is 2.31. The molecule has 0 radical (unpaired) electrons. The van der Waals surface area contributed by atoms with Crippen LogP contribution in [-0.4, -0.2) is 33.9 Å². The normalized spacial score (nSPS) is 17.0. The molecule has 2 aromatic rings. The maximum atomic E-state index is 12.6. The summed E-state index contributed by atoms with van der Waals surface area (Å²) in [6, 6.07) is 11.8. The number of carbonyl (C=O) groups excluding carboxylic acids is 1. The molecule has 1 aromatic heterocycles. The highest BCUT2D eigenvalue weighted by Crippen LogP contribution is 2.32. The van der Waals surface area contributed by atoms with Crippen LogP contribution in [0.15, 0.2) is 42.6 Å². The minimum absolute atomic E-state index is 0.0154. The van der Waals surface area contributed by atoms with E-state index >= 15 is 0 Å². The fourth-order valence-corrected chi connectivity index (χ4v) is 3.37. The first-order valence-corrected chi connectivity index (χ1v) is 9.21. The van der Waals surface area contributed by atoms with E-state index in [2.05, 4.69) is 38.1 Å². The Hall–Kier alpha value is -1.46. The molecular formula is C17H19BrClN3O. The Morgan fingerprint density at radius 1 is 1.26 bits per heavy atom. The van der Waals surface area contributed by atoms with E-state index in [1.54, 1.807) is 0 Å². The number of aromatic nitrogens is 1. The summed E-state index contributed by atoms with van der Waals surface area (Å²) in [6.07, 6.45) is 2.99. The molecule has 1 atom stereocenters. The zero-order valence-corrected chi connectivity index (χ0v) is 15.1. The number of fused-ring (bicyclic) bond motifs is 1. The van der Waals surface area contributed by atoms with Gasteiger partial charge in [-0.2, -0.15) is 0 Å². The molecule has 23 heavy (non-hydrogen) atoms. The first kappa shape index (κ1) is 16.4. The number of rotatable bonds is 4. The van der Waals surface area contributed by atoms with Crippen LogP contribution in [0.1, 0.15) is 23.7 Å². The Morgan fingerprint density at radius 2 is 2.04 bits per heavy atom. The number of urea groups is 1. The number of benzene rings is 1. The van der Waals surface area contributed by atoms with Crippen LogP contribution in [0, 0.1) is 0 Å². The van der Waals surface area contributed by atoms with E-state index in [1.165, 1.54) is 0 Å². The predicted octanol–water partition coefficient (Wildman–Crippen LogP) is 4.04. The summed E-state index contributed by atoms with van der Waals surface area (Å²) < 4.78 is 2.21. The van der Waals surface area contributed by atoms with Crippen molar-refractivity contribution in [3.8, 4) is 0 Å². The van der Waals surface area contributed by atoms with Crippen molar-refractivity contribution < 1.29 is 4.79 Å². The predicted molar refractivity (Wildman–Crippen MR) is 96.2 cm³/mol. The number of nitrogens with zero attached hydrogens (tertiary/aromatic N) is 2. The number of hydrogen-bond acceptors (Lipinski definition) is 1.